The van der Waals surface area contributed by atoms with Gasteiger partial charge in [-0.05, 0) is 42.8 Å². The minimum Gasteiger partial charge on any atom is -0.504 e. The lowest BCUT2D eigenvalue weighted by Gasteiger charge is -2.19. The van der Waals surface area contributed by atoms with Gasteiger partial charge in [-0.3, -0.25) is 0 Å². The van der Waals surface area contributed by atoms with E-state index in [4.69, 9.17) is 0 Å². The van der Waals surface area contributed by atoms with Crippen LogP contribution in [0.25, 0.3) is 0 Å². The summed E-state index contributed by atoms with van der Waals surface area (Å²) in [7, 11) is 2.09. The number of aromatic hydroxyl groups is 2. The number of para-hydroxylation sites is 1. The second-order valence-corrected chi connectivity index (χ2v) is 5.11. The summed E-state index contributed by atoms with van der Waals surface area (Å²) in [4.78, 5) is 2.23. The van der Waals surface area contributed by atoms with Crippen molar-refractivity contribution in [2.24, 2.45) is 0 Å². The lowest BCUT2D eigenvalue weighted by Crippen LogP contribution is -2.23. The fourth-order valence-corrected chi connectivity index (χ4v) is 2.16. The molecule has 0 aromatic heterocycles. The van der Waals surface area contributed by atoms with Gasteiger partial charge in [-0.15, -0.1) is 0 Å². The number of phenolic OH excluding ortho intramolecular Hbond substituents is 2. The highest BCUT2D eigenvalue weighted by Gasteiger charge is 2.01. The van der Waals surface area contributed by atoms with E-state index in [-0.39, 0.29) is 11.5 Å². The maximum Gasteiger partial charge on any atom is 0.157 e. The summed E-state index contributed by atoms with van der Waals surface area (Å²) >= 11 is 0. The molecule has 112 valence electrons. The van der Waals surface area contributed by atoms with Crippen molar-refractivity contribution in [3.8, 4) is 11.5 Å². The van der Waals surface area contributed by atoms with Crippen molar-refractivity contribution < 1.29 is 10.2 Å². The number of benzene rings is 2. The zero-order valence-electron chi connectivity index (χ0n) is 12.3. The summed E-state index contributed by atoms with van der Waals surface area (Å²) in [6.45, 7) is 2.57. The van der Waals surface area contributed by atoms with Gasteiger partial charge in [0.1, 0.15) is 0 Å². The maximum absolute atomic E-state index is 9.42. The molecule has 0 atom stereocenters. The molecule has 0 aliphatic carbocycles. The molecule has 0 aliphatic heterocycles. The highest BCUT2D eigenvalue weighted by molar-refractivity contribution is 5.44. The Bertz CT molecular complexity index is 558. The van der Waals surface area contributed by atoms with E-state index in [0.717, 1.165) is 25.1 Å². The van der Waals surface area contributed by atoms with Gasteiger partial charge in [0.15, 0.2) is 11.5 Å². The third-order valence-corrected chi connectivity index (χ3v) is 3.41. The number of rotatable bonds is 7. The highest BCUT2D eigenvalue weighted by atomic mass is 16.3. The van der Waals surface area contributed by atoms with Gasteiger partial charge < -0.3 is 20.4 Å². The quantitative estimate of drug-likeness (QED) is 0.541. The number of nitrogens with zero attached hydrogens (tertiary/aromatic N) is 1. The van der Waals surface area contributed by atoms with Crippen molar-refractivity contribution in [1.29, 1.82) is 0 Å². The molecular formula is C17H22N2O2. The monoisotopic (exact) mass is 286 g/mol. The Kier molecular flexibility index (Phi) is 5.46. The summed E-state index contributed by atoms with van der Waals surface area (Å²) in [5, 5.41) is 22.0. The first-order chi connectivity index (χ1) is 10.2. The van der Waals surface area contributed by atoms with E-state index < -0.39 is 0 Å². The Morgan fingerprint density at radius 3 is 2.48 bits per heavy atom. The molecule has 2 aromatic rings. The molecule has 4 heteroatoms. The molecule has 2 rings (SSSR count). The van der Waals surface area contributed by atoms with Crippen LogP contribution in [-0.2, 0) is 6.54 Å². The van der Waals surface area contributed by atoms with Crippen LogP contribution in [0.3, 0.4) is 0 Å². The van der Waals surface area contributed by atoms with E-state index in [9.17, 15) is 10.2 Å². The van der Waals surface area contributed by atoms with Crippen LogP contribution >= 0.6 is 0 Å². The molecule has 0 saturated heterocycles. The van der Waals surface area contributed by atoms with E-state index in [1.165, 1.54) is 11.8 Å². The summed E-state index contributed by atoms with van der Waals surface area (Å²) in [6.07, 6.45) is 1.04. The van der Waals surface area contributed by atoms with E-state index in [2.05, 4.69) is 29.4 Å². The van der Waals surface area contributed by atoms with Gasteiger partial charge in [0.25, 0.3) is 0 Å². The predicted molar refractivity (Wildman–Crippen MR) is 85.8 cm³/mol. The minimum absolute atomic E-state index is 0.0712. The Morgan fingerprint density at radius 1 is 1.00 bits per heavy atom. The molecule has 21 heavy (non-hydrogen) atoms. The predicted octanol–water partition coefficient (Wildman–Crippen LogP) is 2.71. The summed E-state index contributed by atoms with van der Waals surface area (Å²) in [6, 6.07) is 15.2. The molecular weight excluding hydrogens is 264 g/mol. The standard InChI is InChI=1S/C17H22N2O2/c1-19(15-6-3-2-4-7-15)11-5-10-18-13-14-8-9-16(20)17(21)12-14/h2-4,6-9,12,18,20-21H,5,10-11,13H2,1H3. The summed E-state index contributed by atoms with van der Waals surface area (Å²) in [5.74, 6) is -0.152. The lowest BCUT2D eigenvalue weighted by atomic mass is 10.2. The summed E-state index contributed by atoms with van der Waals surface area (Å²) in [5.41, 5.74) is 2.18. The van der Waals surface area contributed by atoms with Crippen molar-refractivity contribution in [3.63, 3.8) is 0 Å². The maximum atomic E-state index is 9.42. The third-order valence-electron chi connectivity index (χ3n) is 3.41. The molecule has 0 radical (unpaired) electrons. The third kappa shape index (κ3) is 4.68. The molecule has 3 N–H and O–H groups in total. The second-order valence-electron chi connectivity index (χ2n) is 5.11. The molecule has 0 unspecified atom stereocenters. The van der Waals surface area contributed by atoms with Gasteiger partial charge in [-0.25, -0.2) is 0 Å². The molecule has 0 amide bonds. The topological polar surface area (TPSA) is 55.7 Å². The Balaban J connectivity index is 1.67. The van der Waals surface area contributed by atoms with Gasteiger partial charge in [0, 0.05) is 25.8 Å². The number of hydrogen-bond donors (Lipinski definition) is 3. The zero-order chi connectivity index (χ0) is 15.1. The summed E-state index contributed by atoms with van der Waals surface area (Å²) < 4.78 is 0. The van der Waals surface area contributed by atoms with Crippen molar-refractivity contribution in [2.75, 3.05) is 25.0 Å². The molecule has 2 aromatic carbocycles. The number of nitrogens with one attached hydrogen (secondary N) is 1. The largest absolute Gasteiger partial charge is 0.504 e. The van der Waals surface area contributed by atoms with Gasteiger partial charge in [0.2, 0.25) is 0 Å². The fourth-order valence-electron chi connectivity index (χ4n) is 2.16. The van der Waals surface area contributed by atoms with Crippen LogP contribution in [0, 0.1) is 0 Å². The number of hydrogen-bond acceptors (Lipinski definition) is 4. The zero-order valence-corrected chi connectivity index (χ0v) is 12.3. The van der Waals surface area contributed by atoms with Crippen molar-refractivity contribution in [3.05, 3.63) is 54.1 Å². The van der Waals surface area contributed by atoms with E-state index in [0.29, 0.717) is 6.54 Å². The first kappa shape index (κ1) is 15.2. The highest BCUT2D eigenvalue weighted by Crippen LogP contribution is 2.24. The smallest absolute Gasteiger partial charge is 0.157 e. The fraction of sp³-hybridized carbons (Fsp3) is 0.294. The van der Waals surface area contributed by atoms with Crippen LogP contribution < -0.4 is 10.2 Å². The molecule has 0 bridgehead atoms. The van der Waals surface area contributed by atoms with Crippen LogP contribution in [0.4, 0.5) is 5.69 Å². The number of anilines is 1. The van der Waals surface area contributed by atoms with Crippen LogP contribution in [-0.4, -0.2) is 30.4 Å². The molecule has 0 fully saturated rings. The Morgan fingerprint density at radius 2 is 1.76 bits per heavy atom. The molecule has 4 nitrogen and oxygen atoms in total. The average molecular weight is 286 g/mol. The number of phenols is 2. The van der Waals surface area contributed by atoms with Crippen LogP contribution in [0.15, 0.2) is 48.5 Å². The van der Waals surface area contributed by atoms with Crippen molar-refractivity contribution in [1.82, 2.24) is 5.32 Å². The van der Waals surface area contributed by atoms with E-state index in [1.807, 2.05) is 18.2 Å². The Hall–Kier alpha value is -2.20. The van der Waals surface area contributed by atoms with Crippen LogP contribution in [0.5, 0.6) is 11.5 Å². The Labute approximate surface area is 125 Å². The SMILES string of the molecule is CN(CCCNCc1ccc(O)c(O)c1)c1ccccc1. The van der Waals surface area contributed by atoms with Gasteiger partial charge >= 0.3 is 0 Å². The molecule has 0 aliphatic rings. The minimum atomic E-state index is -0.0803. The van der Waals surface area contributed by atoms with E-state index in [1.54, 1.807) is 12.1 Å². The normalized spacial score (nSPS) is 10.5. The molecule has 0 spiro atoms. The van der Waals surface area contributed by atoms with Gasteiger partial charge in [-0.2, -0.15) is 0 Å². The average Bonchev–Trinajstić information content (AvgIpc) is 2.51. The van der Waals surface area contributed by atoms with Crippen molar-refractivity contribution in [2.45, 2.75) is 13.0 Å². The first-order valence-electron chi connectivity index (χ1n) is 7.14. The van der Waals surface area contributed by atoms with Gasteiger partial charge in [-0.1, -0.05) is 24.3 Å². The van der Waals surface area contributed by atoms with Crippen LogP contribution in [0.1, 0.15) is 12.0 Å². The van der Waals surface area contributed by atoms with E-state index >= 15 is 0 Å². The van der Waals surface area contributed by atoms with Crippen molar-refractivity contribution >= 4 is 5.69 Å². The van der Waals surface area contributed by atoms with Gasteiger partial charge in [0.05, 0.1) is 0 Å². The second kappa shape index (κ2) is 7.55. The van der Waals surface area contributed by atoms with Crippen LogP contribution in [0.2, 0.25) is 0 Å². The molecule has 0 saturated carbocycles. The molecule has 0 heterocycles. The lowest BCUT2D eigenvalue weighted by molar-refractivity contribution is 0.403. The first-order valence-corrected chi connectivity index (χ1v) is 7.14.